The number of esters is 2. The minimum atomic E-state index is -0.706. The van der Waals surface area contributed by atoms with E-state index in [9.17, 15) is 14.4 Å². The van der Waals surface area contributed by atoms with E-state index in [0.29, 0.717) is 17.0 Å². The van der Waals surface area contributed by atoms with Gasteiger partial charge in [0.2, 0.25) is 0 Å². The van der Waals surface area contributed by atoms with Crippen LogP contribution < -0.4 is 10.1 Å². The average Bonchev–Trinajstić information content (AvgIpc) is 2.79. The smallest absolute Gasteiger partial charge is 0.338 e. The minimum Gasteiger partial charge on any atom is -0.465 e. The first-order chi connectivity index (χ1) is 14.9. The van der Waals surface area contributed by atoms with Crippen molar-refractivity contribution in [3.63, 3.8) is 0 Å². The van der Waals surface area contributed by atoms with Crippen LogP contribution in [0.1, 0.15) is 31.1 Å². The van der Waals surface area contributed by atoms with Crippen LogP contribution in [0.5, 0.6) is 11.5 Å². The number of halogens is 1. The lowest BCUT2D eigenvalue weighted by molar-refractivity contribution is 0.0555. The van der Waals surface area contributed by atoms with Gasteiger partial charge in [0.25, 0.3) is 5.91 Å². The lowest BCUT2D eigenvalue weighted by atomic mass is 10.1. The third-order valence-electron chi connectivity index (χ3n) is 4.25. The maximum atomic E-state index is 12.6. The molecule has 158 valence electrons. The summed E-state index contributed by atoms with van der Waals surface area (Å²) in [6, 6.07) is 18.1. The number of carbonyl (C=O) groups excluding carboxylic acids is 3. The van der Waals surface area contributed by atoms with Crippen LogP contribution in [0.4, 0.5) is 5.69 Å². The van der Waals surface area contributed by atoms with Crippen LogP contribution in [-0.4, -0.2) is 32.1 Å². The van der Waals surface area contributed by atoms with Gasteiger partial charge >= 0.3 is 11.9 Å². The van der Waals surface area contributed by atoms with Gasteiger partial charge in [0.15, 0.2) is 5.75 Å². The Bertz CT molecular complexity index is 1140. The SMILES string of the molecule is COC(=O)c1ccc(Oc2ccccc2NC(=O)c2cccc(Br)c2)cc1C(=O)OC. The second kappa shape index (κ2) is 9.90. The van der Waals surface area contributed by atoms with Gasteiger partial charge in [-0.2, -0.15) is 0 Å². The van der Waals surface area contributed by atoms with E-state index < -0.39 is 11.9 Å². The predicted molar refractivity (Wildman–Crippen MR) is 118 cm³/mol. The van der Waals surface area contributed by atoms with E-state index in [4.69, 9.17) is 14.2 Å². The first-order valence-electron chi connectivity index (χ1n) is 9.07. The Kier molecular flexibility index (Phi) is 7.04. The van der Waals surface area contributed by atoms with E-state index in [1.54, 1.807) is 42.5 Å². The normalized spacial score (nSPS) is 10.2. The quantitative estimate of drug-likeness (QED) is 0.492. The number of hydrogen-bond donors (Lipinski definition) is 1. The van der Waals surface area contributed by atoms with Crippen molar-refractivity contribution in [2.45, 2.75) is 0 Å². The Morgan fingerprint density at radius 2 is 1.52 bits per heavy atom. The molecule has 0 atom stereocenters. The molecule has 1 N–H and O–H groups in total. The molecule has 8 heteroatoms. The number of methoxy groups -OCH3 is 2. The highest BCUT2D eigenvalue weighted by molar-refractivity contribution is 9.10. The average molecular weight is 484 g/mol. The standard InChI is InChI=1S/C23H18BrNO6/c1-29-22(27)17-11-10-16(13-18(17)23(28)30-2)31-20-9-4-3-8-19(20)25-21(26)14-6-5-7-15(24)12-14/h3-13H,1-2H3,(H,25,26). The molecule has 0 aliphatic carbocycles. The van der Waals surface area contributed by atoms with Gasteiger partial charge < -0.3 is 19.5 Å². The van der Waals surface area contributed by atoms with Gasteiger partial charge in [-0.05, 0) is 48.5 Å². The Morgan fingerprint density at radius 3 is 2.23 bits per heavy atom. The molecule has 0 spiro atoms. The number of hydrogen-bond acceptors (Lipinski definition) is 6. The lowest BCUT2D eigenvalue weighted by Crippen LogP contribution is -2.13. The number of benzene rings is 3. The molecule has 3 rings (SSSR count). The number of ether oxygens (including phenoxy) is 3. The van der Waals surface area contributed by atoms with Crippen LogP contribution in [0.3, 0.4) is 0 Å². The monoisotopic (exact) mass is 483 g/mol. The fraction of sp³-hybridized carbons (Fsp3) is 0.0870. The van der Waals surface area contributed by atoms with Crippen molar-refractivity contribution in [3.8, 4) is 11.5 Å². The maximum absolute atomic E-state index is 12.6. The molecule has 7 nitrogen and oxygen atoms in total. The fourth-order valence-corrected chi connectivity index (χ4v) is 3.16. The van der Waals surface area contributed by atoms with Gasteiger partial charge in [-0.15, -0.1) is 0 Å². The van der Waals surface area contributed by atoms with Crippen LogP contribution in [0.25, 0.3) is 0 Å². The number of amides is 1. The molecule has 0 unspecified atom stereocenters. The second-order valence-electron chi connectivity index (χ2n) is 6.25. The molecule has 0 saturated carbocycles. The molecular formula is C23H18BrNO6. The molecule has 0 aliphatic heterocycles. The summed E-state index contributed by atoms with van der Waals surface area (Å²) in [5.74, 6) is -1.06. The summed E-state index contributed by atoms with van der Waals surface area (Å²) in [4.78, 5) is 36.7. The molecule has 1 amide bonds. The second-order valence-corrected chi connectivity index (χ2v) is 7.17. The van der Waals surface area contributed by atoms with Crippen LogP contribution in [0.2, 0.25) is 0 Å². The van der Waals surface area contributed by atoms with Gasteiger partial charge in [-0.3, -0.25) is 4.79 Å². The van der Waals surface area contributed by atoms with Gasteiger partial charge in [0.05, 0.1) is 31.0 Å². The topological polar surface area (TPSA) is 90.9 Å². The van der Waals surface area contributed by atoms with E-state index in [1.165, 1.54) is 32.4 Å². The zero-order chi connectivity index (χ0) is 22.4. The first-order valence-corrected chi connectivity index (χ1v) is 9.86. The summed E-state index contributed by atoms with van der Waals surface area (Å²) in [6.45, 7) is 0. The molecule has 0 aliphatic rings. The van der Waals surface area contributed by atoms with Crippen molar-refractivity contribution in [1.29, 1.82) is 0 Å². The highest BCUT2D eigenvalue weighted by atomic mass is 79.9. The third kappa shape index (κ3) is 5.29. The van der Waals surface area contributed by atoms with Crippen LogP contribution in [-0.2, 0) is 9.47 Å². The Morgan fingerprint density at radius 1 is 0.806 bits per heavy atom. The summed E-state index contributed by atoms with van der Waals surface area (Å²) >= 11 is 3.34. The zero-order valence-corrected chi connectivity index (χ0v) is 18.3. The first kappa shape index (κ1) is 22.0. The van der Waals surface area contributed by atoms with Crippen molar-refractivity contribution in [3.05, 3.63) is 87.9 Å². The zero-order valence-electron chi connectivity index (χ0n) is 16.7. The molecule has 0 bridgehead atoms. The predicted octanol–water partition coefficient (Wildman–Crippen LogP) is 5.07. The molecular weight excluding hydrogens is 466 g/mol. The Hall–Kier alpha value is -3.65. The molecule has 31 heavy (non-hydrogen) atoms. The van der Waals surface area contributed by atoms with Crippen molar-refractivity contribution in [2.75, 3.05) is 19.5 Å². The van der Waals surface area contributed by atoms with Gasteiger partial charge in [0, 0.05) is 10.0 Å². The molecule has 0 aromatic heterocycles. The summed E-state index contributed by atoms with van der Waals surface area (Å²) in [5, 5.41) is 2.81. The molecule has 0 saturated heterocycles. The maximum Gasteiger partial charge on any atom is 0.338 e. The van der Waals surface area contributed by atoms with Crippen molar-refractivity contribution >= 4 is 39.5 Å². The van der Waals surface area contributed by atoms with Crippen LogP contribution >= 0.6 is 15.9 Å². The van der Waals surface area contributed by atoms with Crippen molar-refractivity contribution in [2.24, 2.45) is 0 Å². The minimum absolute atomic E-state index is 0.00232. The van der Waals surface area contributed by atoms with Crippen LogP contribution in [0, 0.1) is 0 Å². The molecule has 3 aromatic rings. The third-order valence-corrected chi connectivity index (χ3v) is 4.74. The Balaban J connectivity index is 1.89. The number of para-hydroxylation sites is 2. The van der Waals surface area contributed by atoms with Gasteiger partial charge in [0.1, 0.15) is 5.75 Å². The van der Waals surface area contributed by atoms with E-state index in [0.717, 1.165) is 4.47 Å². The molecule has 0 heterocycles. The fourth-order valence-electron chi connectivity index (χ4n) is 2.76. The highest BCUT2D eigenvalue weighted by Crippen LogP contribution is 2.31. The largest absolute Gasteiger partial charge is 0.465 e. The number of nitrogens with one attached hydrogen (secondary N) is 1. The van der Waals surface area contributed by atoms with E-state index >= 15 is 0 Å². The molecule has 0 radical (unpaired) electrons. The van der Waals surface area contributed by atoms with Gasteiger partial charge in [-0.25, -0.2) is 9.59 Å². The van der Waals surface area contributed by atoms with Crippen molar-refractivity contribution in [1.82, 2.24) is 0 Å². The van der Waals surface area contributed by atoms with Crippen molar-refractivity contribution < 1.29 is 28.6 Å². The summed E-state index contributed by atoms with van der Waals surface area (Å²) in [5.41, 5.74) is 0.962. The van der Waals surface area contributed by atoms with Gasteiger partial charge in [-0.1, -0.05) is 34.1 Å². The molecule has 3 aromatic carbocycles. The van der Waals surface area contributed by atoms with E-state index in [2.05, 4.69) is 21.2 Å². The summed E-state index contributed by atoms with van der Waals surface area (Å²) in [7, 11) is 2.43. The number of carbonyl (C=O) groups is 3. The molecule has 0 fully saturated rings. The number of rotatable bonds is 6. The summed E-state index contributed by atoms with van der Waals surface area (Å²) < 4.78 is 16.1. The Labute approximate surface area is 187 Å². The number of anilines is 1. The van der Waals surface area contributed by atoms with Crippen LogP contribution in [0.15, 0.2) is 71.2 Å². The highest BCUT2D eigenvalue weighted by Gasteiger charge is 2.20. The van der Waals surface area contributed by atoms with E-state index in [-0.39, 0.29) is 22.8 Å². The summed E-state index contributed by atoms with van der Waals surface area (Å²) in [6.07, 6.45) is 0. The lowest BCUT2D eigenvalue weighted by Gasteiger charge is -2.14. The van der Waals surface area contributed by atoms with E-state index in [1.807, 2.05) is 6.07 Å².